The maximum Gasteiger partial charge on any atom is 0.254 e. The molecule has 0 radical (unpaired) electrons. The van der Waals surface area contributed by atoms with E-state index in [2.05, 4.69) is 19.2 Å². The minimum absolute atomic E-state index is 0.0474. The van der Waals surface area contributed by atoms with Crippen molar-refractivity contribution in [3.63, 3.8) is 0 Å². The summed E-state index contributed by atoms with van der Waals surface area (Å²) in [6.07, 6.45) is 4.61. The standard InChI is InChI=1S/C21H27FN4O3S/c1-3-29-21-14-19(23-15-24-21)26-12-10-17(11-13-26)30(2,28)25-20(27)9-8-16-6-4-5-7-18(16)22/h4-7,14-15,17H,3,8-13H2,1-2H3. The molecule has 2 heterocycles. The van der Waals surface area contributed by atoms with Gasteiger partial charge in [-0.25, -0.2) is 18.6 Å². The van der Waals surface area contributed by atoms with E-state index in [0.29, 0.717) is 44.0 Å². The Bertz CT molecular complexity index is 999. The lowest BCUT2D eigenvalue weighted by atomic mass is 10.1. The number of carbonyl (C=O) groups is 1. The number of ether oxygens (including phenoxy) is 1. The zero-order valence-electron chi connectivity index (χ0n) is 17.3. The minimum atomic E-state index is -2.67. The zero-order chi connectivity index (χ0) is 21.6. The molecule has 0 saturated carbocycles. The summed E-state index contributed by atoms with van der Waals surface area (Å²) in [5.74, 6) is 0.518. The number of piperidine rings is 1. The highest BCUT2D eigenvalue weighted by Gasteiger charge is 2.27. The second-order valence-electron chi connectivity index (χ2n) is 7.27. The van der Waals surface area contributed by atoms with Crippen LogP contribution in [0.25, 0.3) is 0 Å². The molecule has 0 bridgehead atoms. The van der Waals surface area contributed by atoms with Crippen LogP contribution in [-0.2, 0) is 20.9 Å². The van der Waals surface area contributed by atoms with E-state index < -0.39 is 15.6 Å². The third kappa shape index (κ3) is 5.75. The van der Waals surface area contributed by atoms with Crippen molar-refractivity contribution in [3.8, 4) is 5.88 Å². The second-order valence-corrected chi connectivity index (χ2v) is 9.84. The molecular weight excluding hydrogens is 407 g/mol. The van der Waals surface area contributed by atoms with Gasteiger partial charge >= 0.3 is 0 Å². The molecule has 0 aliphatic carbocycles. The van der Waals surface area contributed by atoms with E-state index in [-0.39, 0.29) is 23.9 Å². The van der Waals surface area contributed by atoms with Crippen LogP contribution in [0.2, 0.25) is 0 Å². The molecule has 1 atom stereocenters. The van der Waals surface area contributed by atoms with Crippen molar-refractivity contribution in [1.29, 1.82) is 0 Å². The highest BCUT2D eigenvalue weighted by atomic mass is 32.2. The second kappa shape index (κ2) is 9.97. The van der Waals surface area contributed by atoms with Crippen LogP contribution in [0.4, 0.5) is 10.2 Å². The van der Waals surface area contributed by atoms with E-state index in [1.165, 1.54) is 12.4 Å². The van der Waals surface area contributed by atoms with Crippen molar-refractivity contribution < 1.29 is 18.1 Å². The van der Waals surface area contributed by atoms with Crippen LogP contribution >= 0.6 is 0 Å². The average molecular weight is 435 g/mol. The molecule has 1 aliphatic heterocycles. The van der Waals surface area contributed by atoms with Gasteiger partial charge in [-0.3, -0.25) is 4.79 Å². The third-order valence-electron chi connectivity index (χ3n) is 5.15. The number of hydrogen-bond acceptors (Lipinski definition) is 6. The predicted molar refractivity (Wildman–Crippen MR) is 115 cm³/mol. The SMILES string of the molecule is CCOc1cc(N2CCC(S(C)(=O)=NC(=O)CCc3ccccc3F)CC2)ncn1. The summed E-state index contributed by atoms with van der Waals surface area (Å²) in [6, 6.07) is 8.14. The molecule has 0 N–H and O–H groups in total. The molecule has 2 aromatic rings. The Morgan fingerprint density at radius 2 is 2.03 bits per heavy atom. The number of anilines is 1. The van der Waals surface area contributed by atoms with Crippen molar-refractivity contribution in [2.45, 2.75) is 37.9 Å². The van der Waals surface area contributed by atoms with Crippen molar-refractivity contribution in [2.75, 3.05) is 30.9 Å². The Hall–Kier alpha value is -2.55. The topological polar surface area (TPSA) is 84.8 Å². The van der Waals surface area contributed by atoms with Gasteiger partial charge in [-0.2, -0.15) is 4.36 Å². The Balaban J connectivity index is 1.58. The van der Waals surface area contributed by atoms with E-state index in [0.717, 1.165) is 5.82 Å². The Morgan fingerprint density at radius 1 is 1.30 bits per heavy atom. The minimum Gasteiger partial charge on any atom is -0.478 e. The normalized spacial score (nSPS) is 16.7. The molecule has 3 rings (SSSR count). The molecule has 1 aromatic heterocycles. The van der Waals surface area contributed by atoms with Crippen molar-refractivity contribution in [3.05, 3.63) is 48.0 Å². The smallest absolute Gasteiger partial charge is 0.254 e. The first kappa shape index (κ1) is 22.1. The fourth-order valence-corrected chi connectivity index (χ4v) is 5.25. The summed E-state index contributed by atoms with van der Waals surface area (Å²) < 4.78 is 36.2. The highest BCUT2D eigenvalue weighted by molar-refractivity contribution is 7.93. The molecule has 1 unspecified atom stereocenters. The van der Waals surface area contributed by atoms with E-state index in [4.69, 9.17) is 4.74 Å². The van der Waals surface area contributed by atoms with E-state index in [1.807, 2.05) is 6.92 Å². The summed E-state index contributed by atoms with van der Waals surface area (Å²) in [6.45, 7) is 3.75. The van der Waals surface area contributed by atoms with Crippen LogP contribution in [0.5, 0.6) is 5.88 Å². The number of aromatic nitrogens is 2. The van der Waals surface area contributed by atoms with Crippen LogP contribution in [0.3, 0.4) is 0 Å². The number of halogens is 1. The summed E-state index contributed by atoms with van der Waals surface area (Å²) >= 11 is 0. The maximum absolute atomic E-state index is 13.7. The monoisotopic (exact) mass is 434 g/mol. The van der Waals surface area contributed by atoms with Crippen molar-refractivity contribution in [1.82, 2.24) is 9.97 Å². The lowest BCUT2D eigenvalue weighted by Gasteiger charge is -2.33. The van der Waals surface area contributed by atoms with E-state index in [1.54, 1.807) is 30.5 Å². The molecule has 1 amide bonds. The first-order valence-electron chi connectivity index (χ1n) is 10.1. The Kier molecular flexibility index (Phi) is 7.36. The van der Waals surface area contributed by atoms with Crippen LogP contribution in [0.15, 0.2) is 41.0 Å². The van der Waals surface area contributed by atoms with Crippen molar-refractivity contribution in [2.24, 2.45) is 4.36 Å². The molecule has 1 fully saturated rings. The summed E-state index contributed by atoms with van der Waals surface area (Å²) in [4.78, 5) is 22.7. The van der Waals surface area contributed by atoms with Crippen LogP contribution < -0.4 is 9.64 Å². The lowest BCUT2D eigenvalue weighted by Crippen LogP contribution is -2.39. The highest BCUT2D eigenvalue weighted by Crippen LogP contribution is 2.24. The number of hydrogen-bond donors (Lipinski definition) is 0. The number of carbonyl (C=O) groups excluding carboxylic acids is 1. The maximum atomic E-state index is 13.7. The molecule has 30 heavy (non-hydrogen) atoms. The van der Waals surface area contributed by atoms with Gasteiger partial charge in [0.1, 0.15) is 18.0 Å². The van der Waals surface area contributed by atoms with Gasteiger partial charge in [-0.1, -0.05) is 18.2 Å². The first-order chi connectivity index (χ1) is 14.4. The molecule has 7 nitrogen and oxygen atoms in total. The van der Waals surface area contributed by atoms with Gasteiger partial charge in [-0.15, -0.1) is 0 Å². The molecular formula is C21H27FN4O3S. The number of aryl methyl sites for hydroxylation is 1. The van der Waals surface area contributed by atoms with Gasteiger partial charge in [0.25, 0.3) is 5.91 Å². The molecule has 1 aromatic carbocycles. The van der Waals surface area contributed by atoms with Gasteiger partial charge in [-0.05, 0) is 37.8 Å². The first-order valence-corrected chi connectivity index (χ1v) is 12.0. The molecule has 1 aliphatic rings. The van der Waals surface area contributed by atoms with E-state index >= 15 is 0 Å². The molecule has 0 spiro atoms. The average Bonchev–Trinajstić information content (AvgIpc) is 2.73. The fourth-order valence-electron chi connectivity index (χ4n) is 3.52. The predicted octanol–water partition coefficient (Wildman–Crippen LogP) is 3.24. The molecule has 162 valence electrons. The van der Waals surface area contributed by atoms with Gasteiger partial charge in [0.2, 0.25) is 5.88 Å². The van der Waals surface area contributed by atoms with Gasteiger partial charge < -0.3 is 9.64 Å². The van der Waals surface area contributed by atoms with E-state index in [9.17, 15) is 13.4 Å². The number of nitrogens with zero attached hydrogens (tertiary/aromatic N) is 4. The molecule has 9 heteroatoms. The summed E-state index contributed by atoms with van der Waals surface area (Å²) in [5.41, 5.74) is 0.466. The van der Waals surface area contributed by atoms with Gasteiger partial charge in [0.05, 0.1) is 16.3 Å². The van der Waals surface area contributed by atoms with Crippen LogP contribution in [0, 0.1) is 5.82 Å². The van der Waals surface area contributed by atoms with Crippen LogP contribution in [0.1, 0.15) is 31.7 Å². The number of amides is 1. The van der Waals surface area contributed by atoms with Gasteiger partial charge in [0.15, 0.2) is 0 Å². The Morgan fingerprint density at radius 3 is 2.73 bits per heavy atom. The zero-order valence-corrected chi connectivity index (χ0v) is 18.1. The summed E-state index contributed by atoms with van der Waals surface area (Å²) in [5, 5.41) is -0.167. The van der Waals surface area contributed by atoms with Crippen LogP contribution in [-0.4, -0.2) is 51.3 Å². The Labute approximate surface area is 176 Å². The molecule has 1 saturated heterocycles. The third-order valence-corrected chi connectivity index (χ3v) is 7.43. The van der Waals surface area contributed by atoms with Gasteiger partial charge in [0, 0.05) is 37.1 Å². The quantitative estimate of drug-likeness (QED) is 0.665. The number of rotatable bonds is 7. The largest absolute Gasteiger partial charge is 0.478 e. The summed E-state index contributed by atoms with van der Waals surface area (Å²) in [7, 11) is -2.67. The van der Waals surface area contributed by atoms with Crippen molar-refractivity contribution >= 4 is 21.5 Å². The lowest BCUT2D eigenvalue weighted by molar-refractivity contribution is -0.117. The fraction of sp³-hybridized carbons (Fsp3) is 0.476. The number of benzene rings is 1.